The Morgan fingerprint density at radius 3 is 2.79 bits per heavy atom. The number of benzene rings is 1. The molecule has 156 valence electrons. The summed E-state index contributed by atoms with van der Waals surface area (Å²) in [7, 11) is 0. The van der Waals surface area contributed by atoms with Gasteiger partial charge in [-0.05, 0) is 50.8 Å². The zero-order valence-corrected chi connectivity index (χ0v) is 17.3. The summed E-state index contributed by atoms with van der Waals surface area (Å²) in [6.07, 6.45) is 3.74. The van der Waals surface area contributed by atoms with Crippen LogP contribution in [0.2, 0.25) is 0 Å². The molecule has 0 saturated carbocycles. The molecule has 0 fully saturated rings. The summed E-state index contributed by atoms with van der Waals surface area (Å²) in [4.78, 5) is 25.9. The van der Waals surface area contributed by atoms with E-state index >= 15 is 0 Å². The number of ketones is 1. The van der Waals surface area contributed by atoms with Crippen LogP contribution >= 0.6 is 0 Å². The molecule has 0 aromatic heterocycles. The van der Waals surface area contributed by atoms with Gasteiger partial charge < -0.3 is 19.9 Å². The van der Waals surface area contributed by atoms with Gasteiger partial charge >= 0.3 is 5.97 Å². The van der Waals surface area contributed by atoms with Crippen molar-refractivity contribution in [1.82, 2.24) is 5.32 Å². The third kappa shape index (κ3) is 4.31. The molecule has 1 aromatic rings. The summed E-state index contributed by atoms with van der Waals surface area (Å²) in [5, 5.41) is 13.4. The van der Waals surface area contributed by atoms with Gasteiger partial charge in [-0.1, -0.05) is 19.4 Å². The second kappa shape index (κ2) is 9.16. The lowest BCUT2D eigenvalue weighted by atomic mass is 9.75. The fraction of sp³-hybridized carbons (Fsp3) is 0.478. The smallest absolute Gasteiger partial charge is 0.336 e. The van der Waals surface area contributed by atoms with Crippen LogP contribution in [0.3, 0.4) is 0 Å². The number of rotatable bonds is 7. The minimum absolute atomic E-state index is 0.0292. The van der Waals surface area contributed by atoms with Gasteiger partial charge in [-0.25, -0.2) is 4.79 Å². The molecule has 2 aliphatic rings. The lowest BCUT2D eigenvalue weighted by molar-refractivity contribution is -0.139. The minimum Gasteiger partial charge on any atom is -0.504 e. The summed E-state index contributed by atoms with van der Waals surface area (Å²) in [5.41, 5.74) is 3.38. The summed E-state index contributed by atoms with van der Waals surface area (Å²) in [6.45, 7) is 6.46. The molecule has 29 heavy (non-hydrogen) atoms. The number of aromatic hydroxyl groups is 1. The monoisotopic (exact) mass is 399 g/mol. The summed E-state index contributed by atoms with van der Waals surface area (Å²) < 4.78 is 11.0. The normalized spacial score (nSPS) is 19.0. The lowest BCUT2D eigenvalue weighted by Crippen LogP contribution is -2.34. The van der Waals surface area contributed by atoms with Gasteiger partial charge in [0.1, 0.15) is 0 Å². The maximum absolute atomic E-state index is 13.0. The Bertz CT molecular complexity index is 868. The van der Waals surface area contributed by atoms with Crippen molar-refractivity contribution in [3.63, 3.8) is 0 Å². The topological polar surface area (TPSA) is 84.9 Å². The number of Topliss-reactive ketones (excluding diaryl/α,β-unsaturated/α-hetero) is 1. The second-order valence-electron chi connectivity index (χ2n) is 7.42. The number of carbonyl (C=O) groups is 2. The molecule has 3 rings (SSSR count). The predicted molar refractivity (Wildman–Crippen MR) is 110 cm³/mol. The number of carbonyl (C=O) groups excluding carboxylic acids is 2. The van der Waals surface area contributed by atoms with Crippen LogP contribution in [-0.2, 0) is 14.3 Å². The molecule has 0 saturated heterocycles. The van der Waals surface area contributed by atoms with Crippen LogP contribution in [0.25, 0.3) is 0 Å². The molecule has 1 aliphatic carbocycles. The first-order chi connectivity index (χ1) is 14.0. The van der Waals surface area contributed by atoms with Crippen molar-refractivity contribution in [3.8, 4) is 11.5 Å². The molecule has 1 atom stereocenters. The van der Waals surface area contributed by atoms with Crippen molar-refractivity contribution in [2.45, 2.75) is 58.8 Å². The van der Waals surface area contributed by atoms with Crippen molar-refractivity contribution in [3.05, 3.63) is 46.3 Å². The lowest BCUT2D eigenvalue weighted by Gasteiger charge is -2.34. The van der Waals surface area contributed by atoms with Crippen LogP contribution in [0.15, 0.2) is 40.7 Å². The number of hydrogen-bond acceptors (Lipinski definition) is 6. The third-order valence-electron chi connectivity index (χ3n) is 5.34. The average Bonchev–Trinajstić information content (AvgIpc) is 2.69. The quantitative estimate of drug-likeness (QED) is 0.530. The van der Waals surface area contributed by atoms with E-state index in [1.807, 2.05) is 20.8 Å². The van der Waals surface area contributed by atoms with Crippen LogP contribution in [0.1, 0.15) is 64.4 Å². The molecular formula is C23H29NO5. The van der Waals surface area contributed by atoms with Gasteiger partial charge in [-0.15, -0.1) is 0 Å². The highest BCUT2D eigenvalue weighted by molar-refractivity contribution is 6.03. The number of ether oxygens (including phenoxy) is 2. The number of esters is 1. The zero-order chi connectivity index (χ0) is 21.0. The molecule has 0 amide bonds. The number of unbranched alkanes of at least 4 members (excludes halogenated alkanes) is 1. The van der Waals surface area contributed by atoms with Gasteiger partial charge in [0.05, 0.1) is 18.8 Å². The van der Waals surface area contributed by atoms with Crippen LogP contribution in [-0.4, -0.2) is 30.1 Å². The van der Waals surface area contributed by atoms with Gasteiger partial charge in [-0.3, -0.25) is 4.79 Å². The molecular weight excluding hydrogens is 370 g/mol. The van der Waals surface area contributed by atoms with Gasteiger partial charge in [0.2, 0.25) is 0 Å². The highest BCUT2D eigenvalue weighted by Gasteiger charge is 2.39. The highest BCUT2D eigenvalue weighted by atomic mass is 16.5. The van der Waals surface area contributed by atoms with Gasteiger partial charge in [0.25, 0.3) is 0 Å². The van der Waals surface area contributed by atoms with Gasteiger partial charge in [0, 0.05) is 29.3 Å². The zero-order valence-electron chi connectivity index (χ0n) is 17.3. The fourth-order valence-electron chi connectivity index (χ4n) is 3.96. The minimum atomic E-state index is -0.534. The molecule has 1 aliphatic heterocycles. The summed E-state index contributed by atoms with van der Waals surface area (Å²) >= 11 is 0. The predicted octanol–water partition coefficient (Wildman–Crippen LogP) is 4.10. The molecule has 0 spiro atoms. The van der Waals surface area contributed by atoms with Crippen LogP contribution in [0.4, 0.5) is 0 Å². The fourth-order valence-corrected chi connectivity index (χ4v) is 3.96. The van der Waals surface area contributed by atoms with E-state index in [0.29, 0.717) is 42.2 Å². The maximum atomic E-state index is 13.0. The largest absolute Gasteiger partial charge is 0.504 e. The number of allylic oxidation sites excluding steroid dienone is 3. The molecule has 0 bridgehead atoms. The van der Waals surface area contributed by atoms with Crippen LogP contribution in [0, 0.1) is 0 Å². The Morgan fingerprint density at radius 1 is 1.28 bits per heavy atom. The van der Waals surface area contributed by atoms with E-state index in [1.54, 1.807) is 18.2 Å². The number of phenols is 1. The Balaban J connectivity index is 2.08. The Labute approximate surface area is 171 Å². The molecule has 2 N–H and O–H groups in total. The number of nitrogens with one attached hydrogen (secondary N) is 1. The van der Waals surface area contributed by atoms with Crippen molar-refractivity contribution in [1.29, 1.82) is 0 Å². The Kier molecular flexibility index (Phi) is 6.62. The van der Waals surface area contributed by atoms with E-state index in [9.17, 15) is 14.7 Å². The SMILES string of the molecule is CCCCOC(=O)C1=C(C)NC2=C(C(=O)CCC2)C1c1ccc(O)c(OCC)c1. The summed E-state index contributed by atoms with van der Waals surface area (Å²) in [6, 6.07) is 5.01. The van der Waals surface area contributed by atoms with Crippen LogP contribution < -0.4 is 10.1 Å². The van der Waals surface area contributed by atoms with E-state index in [1.165, 1.54) is 0 Å². The standard InChI is InChI=1S/C23H29NO5/c1-4-6-12-29-23(27)20-14(3)24-16-8-7-9-18(26)22(16)21(20)15-10-11-17(25)19(13-15)28-5-2/h10-11,13,21,24-25H,4-9,12H2,1-3H3. The second-order valence-corrected chi connectivity index (χ2v) is 7.42. The number of phenolic OH excluding ortho intramolecular Hbond substituents is 1. The maximum Gasteiger partial charge on any atom is 0.336 e. The van der Waals surface area contributed by atoms with E-state index in [0.717, 1.165) is 36.9 Å². The van der Waals surface area contributed by atoms with Crippen LogP contribution in [0.5, 0.6) is 11.5 Å². The van der Waals surface area contributed by atoms with Crippen molar-refractivity contribution < 1.29 is 24.2 Å². The van der Waals surface area contributed by atoms with Crippen molar-refractivity contribution in [2.75, 3.05) is 13.2 Å². The highest BCUT2D eigenvalue weighted by Crippen LogP contribution is 2.44. The van der Waals surface area contributed by atoms with Gasteiger partial charge in [-0.2, -0.15) is 0 Å². The summed E-state index contributed by atoms with van der Waals surface area (Å²) in [5.74, 6) is -0.537. The number of hydrogen-bond donors (Lipinski definition) is 2. The molecule has 6 nitrogen and oxygen atoms in total. The van der Waals surface area contributed by atoms with E-state index < -0.39 is 11.9 Å². The van der Waals surface area contributed by atoms with E-state index in [2.05, 4.69) is 5.32 Å². The molecule has 1 heterocycles. The van der Waals surface area contributed by atoms with E-state index in [4.69, 9.17) is 9.47 Å². The van der Waals surface area contributed by atoms with E-state index in [-0.39, 0.29) is 11.5 Å². The first kappa shape index (κ1) is 21.0. The first-order valence-corrected chi connectivity index (χ1v) is 10.3. The molecule has 1 aromatic carbocycles. The average molecular weight is 399 g/mol. The van der Waals surface area contributed by atoms with Gasteiger partial charge in [0.15, 0.2) is 17.3 Å². The Morgan fingerprint density at radius 2 is 2.07 bits per heavy atom. The Hall–Kier alpha value is -2.76. The molecule has 0 radical (unpaired) electrons. The third-order valence-corrected chi connectivity index (χ3v) is 5.34. The molecule has 6 heteroatoms. The first-order valence-electron chi connectivity index (χ1n) is 10.3. The van der Waals surface area contributed by atoms with Crippen molar-refractivity contribution >= 4 is 11.8 Å². The molecule has 1 unspecified atom stereocenters. The van der Waals surface area contributed by atoms with Crippen molar-refractivity contribution in [2.24, 2.45) is 0 Å². The number of dihydropyridines is 1.